The second-order valence-electron chi connectivity index (χ2n) is 8.93. The van der Waals surface area contributed by atoms with Crippen LogP contribution in [-0.4, -0.2) is 31.3 Å². The van der Waals surface area contributed by atoms with Crippen LogP contribution in [0.4, 0.5) is 24.8 Å². The molecular weight excluding hydrogens is 471 g/mol. The maximum atomic E-state index is 12.9. The second-order valence-corrected chi connectivity index (χ2v) is 8.93. The number of pyridine rings is 1. The summed E-state index contributed by atoms with van der Waals surface area (Å²) in [6.45, 7) is 0. The van der Waals surface area contributed by atoms with Crippen LogP contribution in [0.25, 0.3) is 16.8 Å². The number of nitrogen functional groups attached to an aromatic ring is 1. The lowest BCUT2D eigenvalue weighted by atomic mass is 9.85. The third-order valence-corrected chi connectivity index (χ3v) is 6.44. The molecule has 0 saturated heterocycles. The number of aromatic nitrogens is 4. The molecule has 1 saturated carbocycles. The van der Waals surface area contributed by atoms with Gasteiger partial charge in [-0.15, -0.1) is 0 Å². The fourth-order valence-corrected chi connectivity index (χ4v) is 4.68. The summed E-state index contributed by atoms with van der Waals surface area (Å²) in [6.07, 6.45) is 3.78. The summed E-state index contributed by atoms with van der Waals surface area (Å²) in [7, 11) is 0. The van der Waals surface area contributed by atoms with Gasteiger partial charge in [0.2, 0.25) is 0 Å². The molecule has 5 N–H and O–H groups in total. The molecule has 0 unspecified atom stereocenters. The zero-order valence-electron chi connectivity index (χ0n) is 19.2. The van der Waals surface area contributed by atoms with E-state index in [1.54, 1.807) is 30.5 Å². The summed E-state index contributed by atoms with van der Waals surface area (Å²) in [4.78, 5) is 25.6. The van der Waals surface area contributed by atoms with Gasteiger partial charge in [0.1, 0.15) is 28.7 Å². The first-order valence-electron chi connectivity index (χ1n) is 11.5. The molecule has 0 aliphatic heterocycles. The lowest BCUT2D eigenvalue weighted by Gasteiger charge is -2.25. The zero-order chi connectivity index (χ0) is 25.4. The molecule has 2 atom stereocenters. The summed E-state index contributed by atoms with van der Waals surface area (Å²) >= 11 is 0. The number of anilines is 2. The number of carbonyl (C=O) groups is 1. The van der Waals surface area contributed by atoms with E-state index in [1.165, 1.54) is 0 Å². The van der Waals surface area contributed by atoms with Gasteiger partial charge >= 0.3 is 6.18 Å². The van der Waals surface area contributed by atoms with E-state index >= 15 is 0 Å². The predicted molar refractivity (Wildman–Crippen MR) is 129 cm³/mol. The minimum absolute atomic E-state index is 0.128. The Balaban J connectivity index is 1.43. The van der Waals surface area contributed by atoms with Crippen molar-refractivity contribution < 1.29 is 18.0 Å². The quantitative estimate of drug-likeness (QED) is 0.379. The van der Waals surface area contributed by atoms with Gasteiger partial charge in [-0.1, -0.05) is 18.6 Å². The van der Waals surface area contributed by atoms with Crippen LogP contribution >= 0.6 is 0 Å². The Labute approximate surface area is 204 Å². The van der Waals surface area contributed by atoms with E-state index in [4.69, 9.17) is 16.5 Å². The fraction of sp³-hybridized carbons (Fsp3) is 0.280. The van der Waals surface area contributed by atoms with E-state index in [9.17, 15) is 18.0 Å². The van der Waals surface area contributed by atoms with Crippen molar-refractivity contribution >= 4 is 23.1 Å². The van der Waals surface area contributed by atoms with Gasteiger partial charge in [-0.3, -0.25) is 9.20 Å². The molecule has 0 spiro atoms. The number of nitrogens with one attached hydrogen (secondary N) is 1. The van der Waals surface area contributed by atoms with Gasteiger partial charge in [-0.25, -0.2) is 15.0 Å². The topological polar surface area (TPSA) is 124 Å². The number of benzene rings is 1. The molecule has 8 nitrogen and oxygen atoms in total. The lowest BCUT2D eigenvalue weighted by molar-refractivity contribution is -0.137. The van der Waals surface area contributed by atoms with Gasteiger partial charge in [0.25, 0.3) is 5.91 Å². The van der Waals surface area contributed by atoms with Gasteiger partial charge in [0.05, 0.1) is 5.56 Å². The molecule has 0 radical (unpaired) electrons. The van der Waals surface area contributed by atoms with Gasteiger partial charge < -0.3 is 16.8 Å². The van der Waals surface area contributed by atoms with Crippen molar-refractivity contribution in [2.24, 2.45) is 5.73 Å². The molecule has 3 aromatic heterocycles. The summed E-state index contributed by atoms with van der Waals surface area (Å²) in [5.74, 6) is 0.640. The summed E-state index contributed by atoms with van der Waals surface area (Å²) in [5.41, 5.74) is 13.8. The third-order valence-electron chi connectivity index (χ3n) is 6.44. The van der Waals surface area contributed by atoms with Crippen LogP contribution in [-0.2, 0) is 6.18 Å². The number of imidazole rings is 1. The van der Waals surface area contributed by atoms with E-state index in [0.29, 0.717) is 17.0 Å². The second kappa shape index (κ2) is 9.23. The number of fused-ring (bicyclic) bond motifs is 1. The Morgan fingerprint density at radius 1 is 1.08 bits per heavy atom. The SMILES string of the molecule is Nc1nccn2c([C@@H]3CCC[C@H](N)C3)nc(-c3ccc(C(=O)Nc4cc(C(F)(F)F)ccn4)cc3)c12. The normalized spacial score (nSPS) is 18.3. The first-order chi connectivity index (χ1) is 17.2. The standard InChI is InChI=1S/C25H24F3N7O/c26-25(27,28)17-8-9-31-19(13-17)33-24(36)15-6-4-14(5-7-15)20-21-22(30)32-10-11-35(21)23(34-20)16-2-1-3-18(29)12-16/h4-11,13,16,18H,1-3,12,29H2,(H2,30,32)(H,31,33,36)/t16-,18+/m1/s1. The summed E-state index contributed by atoms with van der Waals surface area (Å²) < 4.78 is 40.8. The van der Waals surface area contributed by atoms with E-state index in [0.717, 1.165) is 55.4 Å². The molecule has 5 rings (SSSR count). The highest BCUT2D eigenvalue weighted by molar-refractivity contribution is 6.04. The van der Waals surface area contributed by atoms with Crippen molar-refractivity contribution in [1.82, 2.24) is 19.4 Å². The fourth-order valence-electron chi connectivity index (χ4n) is 4.68. The van der Waals surface area contributed by atoms with Crippen LogP contribution in [0.15, 0.2) is 55.0 Å². The molecule has 3 heterocycles. The minimum Gasteiger partial charge on any atom is -0.382 e. The lowest BCUT2D eigenvalue weighted by Crippen LogP contribution is -2.27. The van der Waals surface area contributed by atoms with Crippen molar-refractivity contribution in [1.29, 1.82) is 0 Å². The monoisotopic (exact) mass is 495 g/mol. The van der Waals surface area contributed by atoms with Crippen LogP contribution in [0.1, 0.15) is 53.3 Å². The van der Waals surface area contributed by atoms with Crippen molar-refractivity contribution in [3.63, 3.8) is 0 Å². The van der Waals surface area contributed by atoms with E-state index in [-0.39, 0.29) is 23.3 Å². The molecule has 11 heteroatoms. The number of rotatable bonds is 4. The molecule has 1 aromatic carbocycles. The van der Waals surface area contributed by atoms with Crippen LogP contribution in [0.5, 0.6) is 0 Å². The Morgan fingerprint density at radius 3 is 2.58 bits per heavy atom. The summed E-state index contributed by atoms with van der Waals surface area (Å²) in [5, 5.41) is 2.41. The van der Waals surface area contributed by atoms with Gasteiger partial charge in [0, 0.05) is 41.7 Å². The number of halogens is 3. The third kappa shape index (κ3) is 4.61. The highest BCUT2D eigenvalue weighted by Crippen LogP contribution is 2.36. The van der Waals surface area contributed by atoms with Crippen LogP contribution in [0, 0.1) is 0 Å². The van der Waals surface area contributed by atoms with Crippen molar-refractivity contribution in [2.75, 3.05) is 11.1 Å². The number of hydrogen-bond acceptors (Lipinski definition) is 6. The smallest absolute Gasteiger partial charge is 0.382 e. The Morgan fingerprint density at radius 2 is 1.86 bits per heavy atom. The number of nitrogens with two attached hydrogens (primary N) is 2. The maximum Gasteiger partial charge on any atom is 0.416 e. The molecule has 0 bridgehead atoms. The molecule has 1 fully saturated rings. The molecule has 1 aliphatic carbocycles. The molecule has 36 heavy (non-hydrogen) atoms. The largest absolute Gasteiger partial charge is 0.416 e. The van der Waals surface area contributed by atoms with Crippen molar-refractivity contribution in [3.8, 4) is 11.3 Å². The molecular formula is C25H24F3N7O. The maximum absolute atomic E-state index is 12.9. The Bertz CT molecular complexity index is 1420. The number of nitrogens with zero attached hydrogens (tertiary/aromatic N) is 4. The minimum atomic E-state index is -4.53. The highest BCUT2D eigenvalue weighted by atomic mass is 19.4. The number of alkyl halides is 3. The van der Waals surface area contributed by atoms with Crippen LogP contribution < -0.4 is 16.8 Å². The van der Waals surface area contributed by atoms with Gasteiger partial charge in [-0.2, -0.15) is 13.2 Å². The van der Waals surface area contributed by atoms with E-state index in [2.05, 4.69) is 15.3 Å². The van der Waals surface area contributed by atoms with Crippen molar-refractivity contribution in [2.45, 2.75) is 43.8 Å². The Hall–Kier alpha value is -3.99. The zero-order valence-corrected chi connectivity index (χ0v) is 19.2. The molecule has 1 aliphatic rings. The van der Waals surface area contributed by atoms with E-state index < -0.39 is 17.6 Å². The molecule has 4 aromatic rings. The number of amides is 1. The van der Waals surface area contributed by atoms with Gasteiger partial charge in [-0.05, 0) is 43.5 Å². The summed E-state index contributed by atoms with van der Waals surface area (Å²) in [6, 6.07) is 8.35. The molecule has 1 amide bonds. The van der Waals surface area contributed by atoms with Gasteiger partial charge in [0.15, 0.2) is 0 Å². The van der Waals surface area contributed by atoms with Crippen molar-refractivity contribution in [3.05, 3.63) is 71.9 Å². The average molecular weight is 496 g/mol. The average Bonchev–Trinajstić information content (AvgIpc) is 3.25. The first-order valence-corrected chi connectivity index (χ1v) is 11.5. The predicted octanol–water partition coefficient (Wildman–Crippen LogP) is 4.63. The Kier molecular flexibility index (Phi) is 6.09. The van der Waals surface area contributed by atoms with Crippen LogP contribution in [0.2, 0.25) is 0 Å². The highest BCUT2D eigenvalue weighted by Gasteiger charge is 2.31. The van der Waals surface area contributed by atoms with E-state index in [1.807, 2.05) is 10.6 Å². The van der Waals surface area contributed by atoms with Crippen LogP contribution in [0.3, 0.4) is 0 Å². The first kappa shape index (κ1) is 23.7. The number of hydrogen-bond donors (Lipinski definition) is 3. The number of carbonyl (C=O) groups excluding carboxylic acids is 1. The molecule has 186 valence electrons.